The van der Waals surface area contributed by atoms with Crippen molar-refractivity contribution in [2.75, 3.05) is 14.2 Å². The van der Waals surface area contributed by atoms with Crippen LogP contribution in [0.3, 0.4) is 0 Å². The lowest BCUT2D eigenvalue weighted by Crippen LogP contribution is -2.04. The van der Waals surface area contributed by atoms with Crippen LogP contribution in [-0.2, 0) is 14.3 Å². The Labute approximate surface area is 138 Å². The summed E-state index contributed by atoms with van der Waals surface area (Å²) in [4.78, 5) is 16.0. The Hall–Kier alpha value is -2.66. The van der Waals surface area contributed by atoms with Gasteiger partial charge in [0, 0.05) is 28.0 Å². The Morgan fingerprint density at radius 2 is 1.96 bits per heavy atom. The molecule has 0 spiro atoms. The number of carbonyl (C=O) groups is 1. The van der Waals surface area contributed by atoms with Crippen molar-refractivity contribution in [2.45, 2.75) is 0 Å². The highest BCUT2D eigenvalue weighted by Crippen LogP contribution is 2.35. The Morgan fingerprint density at radius 1 is 1.17 bits per heavy atom. The first-order valence-corrected chi connectivity index (χ1v) is 7.86. The molecule has 2 aromatic heterocycles. The second kappa shape index (κ2) is 6.62. The normalized spacial score (nSPS) is 11.5. The van der Waals surface area contributed by atoms with Gasteiger partial charge in [0.25, 0.3) is 0 Å². The number of thiophene rings is 1. The first-order valence-electron chi connectivity index (χ1n) is 6.98. The molecule has 0 atom stereocenters. The number of fused-ring (bicyclic) bond motifs is 1. The van der Waals surface area contributed by atoms with Crippen LogP contribution >= 0.6 is 11.3 Å². The molecule has 3 rings (SSSR count). The molecule has 0 N–H and O–H groups in total. The van der Waals surface area contributed by atoms with Crippen LogP contribution in [0.5, 0.6) is 0 Å². The van der Waals surface area contributed by atoms with Crippen LogP contribution in [-0.4, -0.2) is 25.2 Å². The van der Waals surface area contributed by atoms with Crippen molar-refractivity contribution in [3.8, 4) is 11.1 Å². The lowest BCUT2D eigenvalue weighted by Gasteiger charge is -2.07. The van der Waals surface area contributed by atoms with Crippen LogP contribution in [0, 0.1) is 0 Å². The number of carbonyl (C=O) groups excluding carboxylic acids is 1. The quantitative estimate of drug-likeness (QED) is 0.411. The van der Waals surface area contributed by atoms with Crippen LogP contribution < -0.4 is 0 Å². The number of benzene rings is 1. The zero-order valence-electron chi connectivity index (χ0n) is 12.8. The average Bonchev–Trinajstić information content (AvgIpc) is 3.03. The molecule has 2 heterocycles. The van der Waals surface area contributed by atoms with Gasteiger partial charge in [-0.1, -0.05) is 6.07 Å². The van der Waals surface area contributed by atoms with Crippen molar-refractivity contribution in [2.24, 2.45) is 0 Å². The van der Waals surface area contributed by atoms with Gasteiger partial charge in [-0.05, 0) is 40.8 Å². The molecule has 3 aromatic rings. The maximum Gasteiger partial charge on any atom is 0.341 e. The highest BCUT2D eigenvalue weighted by atomic mass is 32.1. The van der Waals surface area contributed by atoms with E-state index >= 15 is 0 Å². The zero-order chi connectivity index (χ0) is 16.2. The van der Waals surface area contributed by atoms with E-state index in [1.165, 1.54) is 20.5 Å². The molecule has 5 heteroatoms. The molecular weight excluding hydrogens is 310 g/mol. The number of methoxy groups -OCH3 is 2. The van der Waals surface area contributed by atoms with Crippen LogP contribution in [0.15, 0.2) is 54.4 Å². The number of ether oxygens (including phenoxy) is 2. The molecule has 0 saturated carbocycles. The second-order valence-corrected chi connectivity index (χ2v) is 5.77. The van der Waals surface area contributed by atoms with Crippen molar-refractivity contribution >= 4 is 33.0 Å². The van der Waals surface area contributed by atoms with Gasteiger partial charge in [0.15, 0.2) is 0 Å². The molecular formula is C18H15NO3S. The van der Waals surface area contributed by atoms with E-state index < -0.39 is 5.97 Å². The van der Waals surface area contributed by atoms with E-state index in [0.717, 1.165) is 26.8 Å². The van der Waals surface area contributed by atoms with E-state index in [1.54, 1.807) is 23.7 Å². The van der Waals surface area contributed by atoms with Crippen molar-refractivity contribution < 1.29 is 14.3 Å². The molecule has 0 bridgehead atoms. The fourth-order valence-electron chi connectivity index (χ4n) is 2.41. The van der Waals surface area contributed by atoms with Crippen molar-refractivity contribution in [1.29, 1.82) is 0 Å². The summed E-state index contributed by atoms with van der Waals surface area (Å²) in [5.41, 5.74) is 3.37. The molecule has 4 nitrogen and oxygen atoms in total. The average molecular weight is 325 g/mol. The van der Waals surface area contributed by atoms with Gasteiger partial charge in [0.05, 0.1) is 20.5 Å². The Bertz CT molecular complexity index is 868. The van der Waals surface area contributed by atoms with E-state index in [1.807, 2.05) is 30.3 Å². The van der Waals surface area contributed by atoms with Gasteiger partial charge in [0.1, 0.15) is 5.57 Å². The monoisotopic (exact) mass is 325 g/mol. The molecule has 0 radical (unpaired) electrons. The maximum absolute atomic E-state index is 12.0. The van der Waals surface area contributed by atoms with Gasteiger partial charge in [-0.3, -0.25) is 4.98 Å². The second-order valence-electron chi connectivity index (χ2n) is 4.86. The standard InChI is InChI=1S/C18H15NO3S/c1-21-10-15(18(20)22-2)13-3-4-17-14(9-13)16(11-23-17)12-5-7-19-8-6-12/h3-11H,1-2H3/b15-10+. The number of hydrogen-bond donors (Lipinski definition) is 0. The Morgan fingerprint density at radius 3 is 2.65 bits per heavy atom. The number of nitrogens with zero attached hydrogens (tertiary/aromatic N) is 1. The van der Waals surface area contributed by atoms with E-state index in [9.17, 15) is 4.79 Å². The van der Waals surface area contributed by atoms with Gasteiger partial charge in [-0.25, -0.2) is 4.79 Å². The van der Waals surface area contributed by atoms with Crippen LogP contribution in [0.25, 0.3) is 26.8 Å². The molecule has 0 unspecified atom stereocenters. The summed E-state index contributed by atoms with van der Waals surface area (Å²) in [6, 6.07) is 9.84. The van der Waals surface area contributed by atoms with Crippen LogP contribution in [0.1, 0.15) is 5.56 Å². The highest BCUT2D eigenvalue weighted by Gasteiger charge is 2.15. The lowest BCUT2D eigenvalue weighted by molar-refractivity contribution is -0.133. The van der Waals surface area contributed by atoms with E-state index in [2.05, 4.69) is 10.4 Å². The highest BCUT2D eigenvalue weighted by molar-refractivity contribution is 7.17. The summed E-state index contributed by atoms with van der Waals surface area (Å²) in [5, 5.41) is 3.20. The third-order valence-electron chi connectivity index (χ3n) is 3.52. The van der Waals surface area contributed by atoms with Crippen molar-refractivity contribution in [3.05, 3.63) is 59.9 Å². The van der Waals surface area contributed by atoms with Gasteiger partial charge in [-0.15, -0.1) is 11.3 Å². The molecule has 0 amide bonds. The van der Waals surface area contributed by atoms with Crippen LogP contribution in [0.2, 0.25) is 0 Å². The minimum absolute atomic E-state index is 0.392. The summed E-state index contributed by atoms with van der Waals surface area (Å²) in [6.07, 6.45) is 4.95. The molecule has 0 aliphatic rings. The number of aromatic nitrogens is 1. The van der Waals surface area contributed by atoms with E-state index in [0.29, 0.717) is 5.57 Å². The fourth-order valence-corrected chi connectivity index (χ4v) is 3.36. The number of hydrogen-bond acceptors (Lipinski definition) is 5. The first-order chi connectivity index (χ1) is 11.2. The summed E-state index contributed by atoms with van der Waals surface area (Å²) >= 11 is 1.67. The molecule has 116 valence electrons. The number of esters is 1. The largest absolute Gasteiger partial charge is 0.503 e. The van der Waals surface area contributed by atoms with Crippen molar-refractivity contribution in [3.63, 3.8) is 0 Å². The lowest BCUT2D eigenvalue weighted by atomic mass is 10.0. The summed E-state index contributed by atoms with van der Waals surface area (Å²) in [6.45, 7) is 0. The maximum atomic E-state index is 12.0. The number of pyridine rings is 1. The Balaban J connectivity index is 2.14. The van der Waals surface area contributed by atoms with Gasteiger partial charge in [-0.2, -0.15) is 0 Å². The third kappa shape index (κ3) is 2.96. The zero-order valence-corrected chi connectivity index (χ0v) is 13.6. The predicted molar refractivity (Wildman–Crippen MR) is 92.1 cm³/mol. The first kappa shape index (κ1) is 15.2. The summed E-state index contributed by atoms with van der Waals surface area (Å²) in [7, 11) is 2.87. The van der Waals surface area contributed by atoms with Gasteiger partial charge in [0.2, 0.25) is 0 Å². The summed E-state index contributed by atoms with van der Waals surface area (Å²) in [5.74, 6) is -0.424. The SMILES string of the molecule is CO/C=C(/C(=O)OC)c1ccc2scc(-c3ccncc3)c2c1. The Kier molecular flexibility index (Phi) is 4.39. The molecule has 0 fully saturated rings. The minimum atomic E-state index is -0.424. The third-order valence-corrected chi connectivity index (χ3v) is 4.48. The molecule has 0 aliphatic carbocycles. The van der Waals surface area contributed by atoms with Crippen LogP contribution in [0.4, 0.5) is 0 Å². The molecule has 0 aliphatic heterocycles. The molecule has 23 heavy (non-hydrogen) atoms. The number of rotatable bonds is 4. The topological polar surface area (TPSA) is 48.4 Å². The van der Waals surface area contributed by atoms with Gasteiger partial charge >= 0.3 is 5.97 Å². The molecule has 0 saturated heterocycles. The molecule has 1 aromatic carbocycles. The van der Waals surface area contributed by atoms with E-state index in [4.69, 9.17) is 9.47 Å². The smallest absolute Gasteiger partial charge is 0.341 e. The predicted octanol–water partition coefficient (Wildman–Crippen LogP) is 4.12. The summed E-state index contributed by atoms with van der Waals surface area (Å²) < 4.78 is 11.0. The van der Waals surface area contributed by atoms with Gasteiger partial charge < -0.3 is 9.47 Å². The fraction of sp³-hybridized carbons (Fsp3) is 0.111. The minimum Gasteiger partial charge on any atom is -0.503 e. The van der Waals surface area contributed by atoms with Crippen molar-refractivity contribution in [1.82, 2.24) is 4.98 Å². The van der Waals surface area contributed by atoms with E-state index in [-0.39, 0.29) is 0 Å².